The smallest absolute Gasteiger partial charge is 0.248 e. The molecule has 146 valence electrons. The van der Waals surface area contributed by atoms with Gasteiger partial charge in [0, 0.05) is 36.7 Å². The lowest BCUT2D eigenvalue weighted by atomic mass is 9.83. The lowest BCUT2D eigenvalue weighted by molar-refractivity contribution is 0.0455. The number of hydrogen-bond donors (Lipinski definition) is 2. The van der Waals surface area contributed by atoms with Gasteiger partial charge in [-0.15, -0.1) is 0 Å². The van der Waals surface area contributed by atoms with Crippen molar-refractivity contribution in [2.24, 2.45) is 11.5 Å². The van der Waals surface area contributed by atoms with E-state index in [1.165, 1.54) is 0 Å². The first-order valence-corrected chi connectivity index (χ1v) is 9.66. The zero-order valence-electron chi connectivity index (χ0n) is 16.1. The highest BCUT2D eigenvalue weighted by molar-refractivity contribution is 5.93. The third-order valence-electron chi connectivity index (χ3n) is 5.36. The number of rotatable bonds is 7. The predicted molar refractivity (Wildman–Crippen MR) is 104 cm³/mol. The maximum atomic E-state index is 11.3. The van der Waals surface area contributed by atoms with E-state index in [0.29, 0.717) is 11.4 Å². The maximum absolute atomic E-state index is 11.3. The van der Waals surface area contributed by atoms with E-state index in [1.54, 1.807) is 19.2 Å². The van der Waals surface area contributed by atoms with Crippen molar-refractivity contribution in [2.45, 2.75) is 63.6 Å². The van der Waals surface area contributed by atoms with E-state index in [9.17, 15) is 4.79 Å². The number of nitrogens with zero attached hydrogens (tertiary/aromatic N) is 3. The number of carbonyl (C=O) groups is 1. The Labute approximate surface area is 160 Å². The molecule has 7 nitrogen and oxygen atoms in total. The molecule has 1 aliphatic carbocycles. The molecule has 1 heterocycles. The lowest BCUT2D eigenvalue weighted by Crippen LogP contribution is -2.41. The molecule has 3 rings (SSSR count). The minimum atomic E-state index is -0.437. The molecule has 2 aromatic rings. The average Bonchev–Trinajstić information content (AvgIpc) is 3.11. The third-order valence-corrected chi connectivity index (χ3v) is 5.36. The maximum Gasteiger partial charge on any atom is 0.248 e. The summed E-state index contributed by atoms with van der Waals surface area (Å²) in [5.41, 5.74) is 12.9. The normalized spacial score (nSPS) is 22.7. The quantitative estimate of drug-likeness (QED) is 0.777. The van der Waals surface area contributed by atoms with E-state index in [-0.39, 0.29) is 18.1 Å². The molecule has 27 heavy (non-hydrogen) atoms. The Balaban J connectivity index is 1.89. The Morgan fingerprint density at radius 1 is 1.30 bits per heavy atom. The summed E-state index contributed by atoms with van der Waals surface area (Å²) in [5.74, 6) is 1.54. The summed E-state index contributed by atoms with van der Waals surface area (Å²) in [6, 6.07) is 7.20. The summed E-state index contributed by atoms with van der Waals surface area (Å²) in [5, 5.41) is 4.75. The minimum Gasteiger partial charge on any atom is -0.380 e. The van der Waals surface area contributed by atoms with Crippen LogP contribution in [0.15, 0.2) is 24.3 Å². The zero-order valence-corrected chi connectivity index (χ0v) is 16.1. The number of aryl methyl sites for hydroxylation is 1. The Bertz CT molecular complexity index is 771. The number of hydrogen-bond acceptors (Lipinski definition) is 5. The molecule has 1 amide bonds. The first kappa shape index (κ1) is 19.5. The molecule has 0 radical (unpaired) electrons. The molecule has 1 saturated carbocycles. The van der Waals surface area contributed by atoms with Gasteiger partial charge in [-0.2, -0.15) is 5.10 Å². The van der Waals surface area contributed by atoms with Crippen molar-refractivity contribution >= 4 is 5.91 Å². The topological polar surface area (TPSA) is 109 Å². The Hall–Kier alpha value is -2.25. The van der Waals surface area contributed by atoms with Gasteiger partial charge >= 0.3 is 0 Å². The highest BCUT2D eigenvalue weighted by Crippen LogP contribution is 2.34. The van der Waals surface area contributed by atoms with E-state index in [4.69, 9.17) is 26.3 Å². The van der Waals surface area contributed by atoms with Crippen molar-refractivity contribution in [2.75, 3.05) is 7.11 Å². The van der Waals surface area contributed by atoms with Crippen LogP contribution < -0.4 is 11.5 Å². The molecule has 4 N–H and O–H groups in total. The van der Waals surface area contributed by atoms with Crippen molar-refractivity contribution in [3.05, 3.63) is 35.7 Å². The second kappa shape index (κ2) is 8.63. The molecular formula is C20H29N5O2. The van der Waals surface area contributed by atoms with Gasteiger partial charge in [0.2, 0.25) is 5.91 Å². The lowest BCUT2D eigenvalue weighted by Gasteiger charge is -2.32. The van der Waals surface area contributed by atoms with E-state index in [0.717, 1.165) is 50.0 Å². The summed E-state index contributed by atoms with van der Waals surface area (Å²) in [6.07, 6.45) is 4.98. The van der Waals surface area contributed by atoms with Crippen molar-refractivity contribution < 1.29 is 9.53 Å². The van der Waals surface area contributed by atoms with Gasteiger partial charge in [-0.05, 0) is 37.8 Å². The molecule has 1 fully saturated rings. The van der Waals surface area contributed by atoms with Gasteiger partial charge in [-0.1, -0.05) is 25.5 Å². The molecule has 1 aliphatic rings. The van der Waals surface area contributed by atoms with Crippen LogP contribution in [0.5, 0.6) is 0 Å². The number of amides is 1. The van der Waals surface area contributed by atoms with E-state index < -0.39 is 5.91 Å². The van der Waals surface area contributed by atoms with E-state index in [2.05, 4.69) is 6.92 Å². The molecule has 1 aromatic heterocycles. The van der Waals surface area contributed by atoms with Crippen LogP contribution in [0.3, 0.4) is 0 Å². The van der Waals surface area contributed by atoms with Gasteiger partial charge in [-0.3, -0.25) is 4.79 Å². The third kappa shape index (κ3) is 4.36. The summed E-state index contributed by atoms with van der Waals surface area (Å²) in [4.78, 5) is 16.1. The molecule has 1 aromatic carbocycles. The number of primary amides is 1. The fourth-order valence-electron chi connectivity index (χ4n) is 3.69. The predicted octanol–water partition coefficient (Wildman–Crippen LogP) is 2.45. The van der Waals surface area contributed by atoms with Crippen LogP contribution in [0.1, 0.15) is 61.1 Å². The van der Waals surface area contributed by atoms with E-state index in [1.807, 2.05) is 16.8 Å². The molecule has 0 aliphatic heterocycles. The summed E-state index contributed by atoms with van der Waals surface area (Å²) >= 11 is 0. The zero-order chi connectivity index (χ0) is 19.4. The fourth-order valence-corrected chi connectivity index (χ4v) is 3.69. The Morgan fingerprint density at radius 3 is 2.67 bits per heavy atom. The van der Waals surface area contributed by atoms with Gasteiger partial charge in [-0.25, -0.2) is 9.67 Å². The second-order valence-corrected chi connectivity index (χ2v) is 7.26. The van der Waals surface area contributed by atoms with Gasteiger partial charge in [0.05, 0.1) is 6.10 Å². The first-order chi connectivity index (χ1) is 13.0. The van der Waals surface area contributed by atoms with Crippen LogP contribution >= 0.6 is 0 Å². The molecule has 0 saturated heterocycles. The number of ether oxygens (including phenoxy) is 1. The number of carbonyl (C=O) groups excluding carboxylic acids is 1. The largest absolute Gasteiger partial charge is 0.380 e. The van der Waals surface area contributed by atoms with Crippen LogP contribution in [0.4, 0.5) is 0 Å². The van der Waals surface area contributed by atoms with Crippen molar-refractivity contribution in [1.29, 1.82) is 0 Å². The second-order valence-electron chi connectivity index (χ2n) is 7.26. The van der Waals surface area contributed by atoms with Gasteiger partial charge in [0.1, 0.15) is 5.82 Å². The van der Waals surface area contributed by atoms with Crippen molar-refractivity contribution in [3.63, 3.8) is 0 Å². The SMILES string of the molecule is CCCCn1nc(-c2ccc(C(N)=O)cc2)nc1[C@H]1CC[C@H](N)[C@@H](OC)C1. The van der Waals surface area contributed by atoms with Gasteiger partial charge < -0.3 is 16.2 Å². The van der Waals surface area contributed by atoms with Crippen LogP contribution in [-0.4, -0.2) is 39.9 Å². The van der Waals surface area contributed by atoms with Crippen LogP contribution in [0.25, 0.3) is 11.4 Å². The molecule has 0 unspecified atom stereocenters. The monoisotopic (exact) mass is 371 g/mol. The Kier molecular flexibility index (Phi) is 6.23. The van der Waals surface area contributed by atoms with Gasteiger partial charge in [0.15, 0.2) is 5.82 Å². The summed E-state index contributed by atoms with van der Waals surface area (Å²) in [7, 11) is 1.72. The van der Waals surface area contributed by atoms with E-state index >= 15 is 0 Å². The minimum absolute atomic E-state index is 0.0541. The highest BCUT2D eigenvalue weighted by Gasteiger charge is 2.32. The summed E-state index contributed by atoms with van der Waals surface area (Å²) in [6.45, 7) is 3.01. The molecular weight excluding hydrogens is 342 g/mol. The molecule has 0 bridgehead atoms. The highest BCUT2D eigenvalue weighted by atomic mass is 16.5. The van der Waals surface area contributed by atoms with Crippen LogP contribution in [0.2, 0.25) is 0 Å². The van der Waals surface area contributed by atoms with Gasteiger partial charge in [0.25, 0.3) is 0 Å². The van der Waals surface area contributed by atoms with Crippen molar-refractivity contribution in [3.8, 4) is 11.4 Å². The number of unbranched alkanes of at least 4 members (excludes halogenated alkanes) is 1. The van der Waals surface area contributed by atoms with Crippen LogP contribution in [-0.2, 0) is 11.3 Å². The number of methoxy groups -OCH3 is 1. The molecule has 7 heteroatoms. The molecule has 0 spiro atoms. The number of benzene rings is 1. The fraction of sp³-hybridized carbons (Fsp3) is 0.550. The first-order valence-electron chi connectivity index (χ1n) is 9.66. The molecule has 3 atom stereocenters. The standard InChI is InChI=1S/C20H29N5O2/c1-3-4-11-25-20(15-9-10-16(21)17(12-15)27-2)23-19(24-25)14-7-5-13(6-8-14)18(22)26/h5-8,15-17H,3-4,9-12,21H2,1-2H3,(H2,22,26)/t15-,16-,17-/m0/s1. The van der Waals surface area contributed by atoms with Crippen LogP contribution in [0, 0.1) is 0 Å². The van der Waals surface area contributed by atoms with Crippen molar-refractivity contribution in [1.82, 2.24) is 14.8 Å². The summed E-state index contributed by atoms with van der Waals surface area (Å²) < 4.78 is 7.61. The average molecular weight is 371 g/mol. The number of aromatic nitrogens is 3. The Morgan fingerprint density at radius 2 is 2.04 bits per heavy atom. The number of nitrogens with two attached hydrogens (primary N) is 2.